The Morgan fingerprint density at radius 3 is 2.48 bits per heavy atom. The van der Waals surface area contributed by atoms with Gasteiger partial charge in [0, 0.05) is 16.8 Å². The number of hydrogen-bond donors (Lipinski definition) is 3. The van der Waals surface area contributed by atoms with Gasteiger partial charge in [-0.1, -0.05) is 23.9 Å². The van der Waals surface area contributed by atoms with E-state index in [1.54, 1.807) is 12.1 Å². The van der Waals surface area contributed by atoms with Gasteiger partial charge in [-0.25, -0.2) is 9.97 Å². The van der Waals surface area contributed by atoms with Crippen molar-refractivity contribution in [2.24, 2.45) is 0 Å². The summed E-state index contributed by atoms with van der Waals surface area (Å²) >= 11 is 1.45. The largest absolute Gasteiger partial charge is 0.399 e. The van der Waals surface area contributed by atoms with Crippen LogP contribution in [0.25, 0.3) is 22.2 Å². The number of nitrogens with one attached hydrogen (secondary N) is 1. The number of nitrogens with zero attached hydrogens (tertiary/aromatic N) is 2. The van der Waals surface area contributed by atoms with Crippen LogP contribution < -0.4 is 16.8 Å². The SMILES string of the molecule is CSc1nc(-c2cccc(N)c2)c2c(N)c(C(=O)NC(C)(C)C)ccc2n1. The maximum Gasteiger partial charge on any atom is 0.253 e. The zero-order valence-corrected chi connectivity index (χ0v) is 16.6. The zero-order valence-electron chi connectivity index (χ0n) is 15.8. The van der Waals surface area contributed by atoms with Crippen molar-refractivity contribution < 1.29 is 4.79 Å². The van der Waals surface area contributed by atoms with Crippen LogP contribution in [0.3, 0.4) is 0 Å². The molecule has 0 saturated carbocycles. The third-order valence-electron chi connectivity index (χ3n) is 3.96. The van der Waals surface area contributed by atoms with Crippen LogP contribution in [0.5, 0.6) is 0 Å². The van der Waals surface area contributed by atoms with E-state index in [1.165, 1.54) is 11.8 Å². The molecular formula is C20H23N5OS. The minimum Gasteiger partial charge on any atom is -0.399 e. The summed E-state index contributed by atoms with van der Waals surface area (Å²) in [4.78, 5) is 21.9. The van der Waals surface area contributed by atoms with Crippen molar-refractivity contribution in [2.75, 3.05) is 17.7 Å². The maximum atomic E-state index is 12.7. The minimum absolute atomic E-state index is 0.227. The number of carbonyl (C=O) groups excluding carboxylic acids is 1. The summed E-state index contributed by atoms with van der Waals surface area (Å²) in [7, 11) is 0. The van der Waals surface area contributed by atoms with Crippen LogP contribution in [-0.4, -0.2) is 27.7 Å². The van der Waals surface area contributed by atoms with E-state index in [1.807, 2.05) is 51.3 Å². The van der Waals surface area contributed by atoms with Gasteiger partial charge in [0.25, 0.3) is 5.91 Å². The molecule has 0 saturated heterocycles. The Morgan fingerprint density at radius 1 is 1.11 bits per heavy atom. The van der Waals surface area contributed by atoms with Gasteiger partial charge in [-0.05, 0) is 51.3 Å². The van der Waals surface area contributed by atoms with Crippen molar-refractivity contribution in [3.63, 3.8) is 0 Å². The van der Waals surface area contributed by atoms with Gasteiger partial charge in [0.05, 0.1) is 27.8 Å². The Hall–Kier alpha value is -2.80. The van der Waals surface area contributed by atoms with Crippen molar-refractivity contribution >= 4 is 39.9 Å². The monoisotopic (exact) mass is 381 g/mol. The van der Waals surface area contributed by atoms with Crippen LogP contribution in [0.1, 0.15) is 31.1 Å². The topological polar surface area (TPSA) is 107 Å². The van der Waals surface area contributed by atoms with Crippen LogP contribution in [0, 0.1) is 0 Å². The number of benzene rings is 2. The maximum absolute atomic E-state index is 12.7. The molecule has 2 aromatic carbocycles. The molecule has 7 heteroatoms. The Labute approximate surface area is 162 Å². The molecule has 0 fully saturated rings. The molecule has 1 heterocycles. The average molecular weight is 382 g/mol. The average Bonchev–Trinajstić information content (AvgIpc) is 2.59. The standard InChI is InChI=1S/C20H23N5OS/c1-20(2,3)25-18(26)13-8-9-14-15(16(13)22)17(24-19(23-14)27-4)11-6-5-7-12(21)10-11/h5-10H,21-22H2,1-4H3,(H,25,26). The third-order valence-corrected chi connectivity index (χ3v) is 4.51. The van der Waals surface area contributed by atoms with Crippen molar-refractivity contribution in [1.82, 2.24) is 15.3 Å². The van der Waals surface area contributed by atoms with Crippen LogP contribution in [0.2, 0.25) is 0 Å². The lowest BCUT2D eigenvalue weighted by atomic mass is 10.0. The number of nitrogen functional groups attached to an aromatic ring is 2. The number of nitrogens with two attached hydrogens (primary N) is 2. The summed E-state index contributed by atoms with van der Waals surface area (Å²) in [6, 6.07) is 11.0. The molecule has 5 N–H and O–H groups in total. The van der Waals surface area contributed by atoms with Gasteiger partial charge in [0.1, 0.15) is 0 Å². The van der Waals surface area contributed by atoms with E-state index < -0.39 is 0 Å². The first-order chi connectivity index (χ1) is 12.7. The number of hydrogen-bond acceptors (Lipinski definition) is 6. The normalized spacial score (nSPS) is 11.6. The van der Waals surface area contributed by atoms with E-state index in [-0.39, 0.29) is 11.4 Å². The lowest BCUT2D eigenvalue weighted by Crippen LogP contribution is -2.40. The molecule has 3 aromatic rings. The molecule has 0 aliphatic carbocycles. The second kappa shape index (κ2) is 7.08. The summed E-state index contributed by atoms with van der Waals surface area (Å²) in [6.07, 6.45) is 1.92. The van der Waals surface area contributed by atoms with Gasteiger partial charge in [0.2, 0.25) is 0 Å². The second-order valence-corrected chi connectivity index (χ2v) is 8.08. The van der Waals surface area contributed by atoms with Crippen molar-refractivity contribution in [3.05, 3.63) is 42.0 Å². The van der Waals surface area contributed by atoms with E-state index in [4.69, 9.17) is 11.5 Å². The fourth-order valence-electron chi connectivity index (χ4n) is 2.82. The smallest absolute Gasteiger partial charge is 0.253 e. The van der Waals surface area contributed by atoms with Crippen LogP contribution >= 0.6 is 11.8 Å². The molecule has 140 valence electrons. The molecule has 1 aromatic heterocycles. The predicted molar refractivity (Wildman–Crippen MR) is 113 cm³/mol. The van der Waals surface area contributed by atoms with E-state index in [0.717, 1.165) is 5.56 Å². The lowest BCUT2D eigenvalue weighted by molar-refractivity contribution is 0.0920. The van der Waals surface area contributed by atoms with Gasteiger partial charge >= 0.3 is 0 Å². The number of aromatic nitrogens is 2. The molecule has 0 radical (unpaired) electrons. The molecule has 0 atom stereocenters. The van der Waals surface area contributed by atoms with Crippen LogP contribution in [-0.2, 0) is 0 Å². The molecular weight excluding hydrogens is 358 g/mol. The Kier molecular flexibility index (Phi) is 4.97. The lowest BCUT2D eigenvalue weighted by Gasteiger charge is -2.21. The van der Waals surface area contributed by atoms with Gasteiger partial charge in [-0.15, -0.1) is 0 Å². The Balaban J connectivity index is 2.27. The van der Waals surface area contributed by atoms with Gasteiger partial charge in [-0.2, -0.15) is 0 Å². The molecule has 0 unspecified atom stereocenters. The first-order valence-electron chi connectivity index (χ1n) is 8.52. The molecule has 6 nitrogen and oxygen atoms in total. The van der Waals surface area contributed by atoms with Crippen molar-refractivity contribution in [3.8, 4) is 11.3 Å². The minimum atomic E-state index is -0.367. The molecule has 0 aliphatic heterocycles. The summed E-state index contributed by atoms with van der Waals surface area (Å²) in [5.41, 5.74) is 15.6. The Morgan fingerprint density at radius 2 is 1.85 bits per heavy atom. The van der Waals surface area contributed by atoms with E-state index in [2.05, 4.69) is 15.3 Å². The fourth-order valence-corrected chi connectivity index (χ4v) is 3.19. The van der Waals surface area contributed by atoms with Crippen LogP contribution in [0.15, 0.2) is 41.6 Å². The number of thioether (sulfide) groups is 1. The summed E-state index contributed by atoms with van der Waals surface area (Å²) < 4.78 is 0. The molecule has 27 heavy (non-hydrogen) atoms. The van der Waals surface area contributed by atoms with Gasteiger partial charge < -0.3 is 16.8 Å². The fraction of sp³-hybridized carbons (Fsp3) is 0.250. The van der Waals surface area contributed by atoms with Crippen molar-refractivity contribution in [2.45, 2.75) is 31.5 Å². The number of rotatable bonds is 3. The highest BCUT2D eigenvalue weighted by Gasteiger charge is 2.21. The summed E-state index contributed by atoms with van der Waals surface area (Å²) in [6.45, 7) is 5.77. The highest BCUT2D eigenvalue weighted by molar-refractivity contribution is 7.98. The quantitative estimate of drug-likeness (QED) is 0.363. The first kappa shape index (κ1) is 19.0. The van der Waals surface area contributed by atoms with E-state index in [9.17, 15) is 4.79 Å². The third kappa shape index (κ3) is 3.98. The molecule has 0 bridgehead atoms. The van der Waals surface area contributed by atoms with E-state index in [0.29, 0.717) is 38.7 Å². The predicted octanol–water partition coefficient (Wildman–Crippen LogP) is 3.71. The number of carbonyl (C=O) groups is 1. The van der Waals surface area contributed by atoms with Gasteiger partial charge in [-0.3, -0.25) is 4.79 Å². The van der Waals surface area contributed by atoms with Crippen LogP contribution in [0.4, 0.5) is 11.4 Å². The molecule has 0 spiro atoms. The van der Waals surface area contributed by atoms with Crippen molar-refractivity contribution in [1.29, 1.82) is 0 Å². The zero-order chi connectivity index (χ0) is 19.8. The van der Waals surface area contributed by atoms with E-state index >= 15 is 0 Å². The summed E-state index contributed by atoms with van der Waals surface area (Å²) in [5.74, 6) is -0.227. The first-order valence-corrected chi connectivity index (χ1v) is 9.75. The number of amides is 1. The highest BCUT2D eigenvalue weighted by Crippen LogP contribution is 2.34. The molecule has 3 rings (SSSR count). The number of fused-ring (bicyclic) bond motifs is 1. The summed E-state index contributed by atoms with van der Waals surface area (Å²) in [5, 5.41) is 4.23. The Bertz CT molecular complexity index is 1030. The molecule has 0 aliphatic rings. The van der Waals surface area contributed by atoms with Gasteiger partial charge in [0.15, 0.2) is 5.16 Å². The highest BCUT2D eigenvalue weighted by atomic mass is 32.2. The second-order valence-electron chi connectivity index (χ2n) is 7.31. The number of anilines is 2. The molecule has 1 amide bonds.